The standard InChI is InChI=1S/C20H24ClFN2O4S/c1-28-14-2-13-24(29(26,27)19-9-7-18(22)8-10-19)15-20(25)23-12-11-16-3-5-17(21)6-4-16/h3-10H,2,11-15H2,1H3,(H,23,25). The minimum absolute atomic E-state index is 0.0646. The fourth-order valence-corrected chi connectivity index (χ4v) is 4.20. The molecule has 0 aliphatic rings. The molecule has 0 saturated heterocycles. The number of hydrogen-bond acceptors (Lipinski definition) is 4. The topological polar surface area (TPSA) is 75.7 Å². The summed E-state index contributed by atoms with van der Waals surface area (Å²) in [5.41, 5.74) is 1.01. The smallest absolute Gasteiger partial charge is 0.243 e. The number of ether oxygens (including phenoxy) is 1. The number of carbonyl (C=O) groups is 1. The Balaban J connectivity index is 1.99. The van der Waals surface area contributed by atoms with Crippen LogP contribution < -0.4 is 5.32 Å². The largest absolute Gasteiger partial charge is 0.385 e. The SMILES string of the molecule is COCCCN(CC(=O)NCCc1ccc(Cl)cc1)S(=O)(=O)c1ccc(F)cc1. The molecule has 1 N–H and O–H groups in total. The molecule has 2 aromatic carbocycles. The number of methoxy groups -OCH3 is 1. The molecule has 1 amide bonds. The molecule has 2 aromatic rings. The van der Waals surface area contributed by atoms with E-state index in [0.29, 0.717) is 31.0 Å². The third-order valence-electron chi connectivity index (χ3n) is 4.18. The molecule has 29 heavy (non-hydrogen) atoms. The van der Waals surface area contributed by atoms with Gasteiger partial charge in [0.05, 0.1) is 11.4 Å². The molecule has 0 bridgehead atoms. The maximum absolute atomic E-state index is 13.1. The lowest BCUT2D eigenvalue weighted by atomic mass is 10.1. The average molecular weight is 443 g/mol. The number of hydrogen-bond donors (Lipinski definition) is 1. The Morgan fingerprint density at radius 1 is 1.14 bits per heavy atom. The number of amides is 1. The van der Waals surface area contributed by atoms with E-state index in [1.54, 1.807) is 12.1 Å². The van der Waals surface area contributed by atoms with Crippen molar-refractivity contribution in [1.82, 2.24) is 9.62 Å². The fourth-order valence-electron chi connectivity index (χ4n) is 2.64. The second kappa shape index (κ2) is 11.3. The van der Waals surface area contributed by atoms with E-state index in [2.05, 4.69) is 5.32 Å². The van der Waals surface area contributed by atoms with Crippen LogP contribution in [-0.4, -0.2) is 52.0 Å². The Hall–Kier alpha value is -2.00. The Bertz CT molecular complexity index is 890. The molecule has 0 saturated carbocycles. The van der Waals surface area contributed by atoms with Crippen LogP contribution in [0.25, 0.3) is 0 Å². The van der Waals surface area contributed by atoms with Crippen molar-refractivity contribution in [3.8, 4) is 0 Å². The first kappa shape index (κ1) is 23.3. The number of nitrogens with one attached hydrogen (secondary N) is 1. The van der Waals surface area contributed by atoms with E-state index in [0.717, 1.165) is 22.0 Å². The van der Waals surface area contributed by atoms with Crippen molar-refractivity contribution in [1.29, 1.82) is 0 Å². The quantitative estimate of drug-likeness (QED) is 0.543. The van der Waals surface area contributed by atoms with Gasteiger partial charge in [-0.05, 0) is 54.8 Å². The highest BCUT2D eigenvalue weighted by Crippen LogP contribution is 2.16. The summed E-state index contributed by atoms with van der Waals surface area (Å²) < 4.78 is 44.9. The van der Waals surface area contributed by atoms with Crippen molar-refractivity contribution in [2.45, 2.75) is 17.7 Å². The monoisotopic (exact) mass is 442 g/mol. The van der Waals surface area contributed by atoms with Gasteiger partial charge >= 0.3 is 0 Å². The van der Waals surface area contributed by atoms with Crippen LogP contribution in [0.1, 0.15) is 12.0 Å². The molecule has 0 spiro atoms. The van der Waals surface area contributed by atoms with Gasteiger partial charge < -0.3 is 10.1 Å². The molecule has 158 valence electrons. The highest BCUT2D eigenvalue weighted by Gasteiger charge is 2.26. The van der Waals surface area contributed by atoms with Gasteiger partial charge in [0.15, 0.2) is 0 Å². The third-order valence-corrected chi connectivity index (χ3v) is 6.29. The van der Waals surface area contributed by atoms with Crippen molar-refractivity contribution in [3.63, 3.8) is 0 Å². The molecule has 2 rings (SSSR count). The summed E-state index contributed by atoms with van der Waals surface area (Å²) in [6, 6.07) is 11.8. The van der Waals surface area contributed by atoms with Crippen molar-refractivity contribution in [3.05, 3.63) is 64.9 Å². The van der Waals surface area contributed by atoms with Gasteiger partial charge in [0.2, 0.25) is 15.9 Å². The van der Waals surface area contributed by atoms with E-state index in [9.17, 15) is 17.6 Å². The summed E-state index contributed by atoms with van der Waals surface area (Å²) in [5.74, 6) is -0.947. The maximum atomic E-state index is 13.1. The van der Waals surface area contributed by atoms with Crippen molar-refractivity contribution >= 4 is 27.5 Å². The zero-order valence-corrected chi connectivity index (χ0v) is 17.7. The summed E-state index contributed by atoms with van der Waals surface area (Å²) in [5, 5.41) is 3.36. The summed E-state index contributed by atoms with van der Waals surface area (Å²) in [6.45, 7) is 0.499. The number of rotatable bonds is 11. The lowest BCUT2D eigenvalue weighted by Gasteiger charge is -2.21. The van der Waals surface area contributed by atoms with E-state index in [1.165, 1.54) is 19.2 Å². The van der Waals surface area contributed by atoms with Gasteiger partial charge in [0.25, 0.3) is 0 Å². The number of carbonyl (C=O) groups excluding carboxylic acids is 1. The molecule has 0 aliphatic carbocycles. The van der Waals surface area contributed by atoms with Crippen molar-refractivity contribution in [2.24, 2.45) is 0 Å². The number of sulfonamides is 1. The van der Waals surface area contributed by atoms with Crippen LogP contribution in [0, 0.1) is 5.82 Å². The summed E-state index contributed by atoms with van der Waals surface area (Å²) in [4.78, 5) is 12.3. The molecular weight excluding hydrogens is 419 g/mol. The highest BCUT2D eigenvalue weighted by atomic mass is 35.5. The van der Waals surface area contributed by atoms with E-state index in [4.69, 9.17) is 16.3 Å². The summed E-state index contributed by atoms with van der Waals surface area (Å²) in [7, 11) is -2.42. The van der Waals surface area contributed by atoms with Crippen molar-refractivity contribution < 1.29 is 22.3 Å². The first-order valence-electron chi connectivity index (χ1n) is 9.08. The van der Waals surface area contributed by atoms with Crippen LogP contribution in [0.4, 0.5) is 4.39 Å². The second-order valence-electron chi connectivity index (χ2n) is 6.37. The van der Waals surface area contributed by atoms with Gasteiger partial charge in [0, 0.05) is 31.8 Å². The van der Waals surface area contributed by atoms with Gasteiger partial charge in [-0.15, -0.1) is 0 Å². The predicted octanol–water partition coefficient (Wildman–Crippen LogP) is 2.87. The van der Waals surface area contributed by atoms with Crippen LogP contribution >= 0.6 is 11.6 Å². The van der Waals surface area contributed by atoms with Crippen LogP contribution in [0.5, 0.6) is 0 Å². The Morgan fingerprint density at radius 3 is 2.41 bits per heavy atom. The fraction of sp³-hybridized carbons (Fsp3) is 0.350. The van der Waals surface area contributed by atoms with E-state index < -0.39 is 21.7 Å². The maximum Gasteiger partial charge on any atom is 0.243 e. The molecule has 0 fully saturated rings. The zero-order chi connectivity index (χ0) is 21.3. The number of benzene rings is 2. The minimum atomic E-state index is -3.94. The van der Waals surface area contributed by atoms with E-state index in [-0.39, 0.29) is 18.0 Å². The molecule has 9 heteroatoms. The van der Waals surface area contributed by atoms with Gasteiger partial charge in [0.1, 0.15) is 5.82 Å². The first-order valence-corrected chi connectivity index (χ1v) is 10.9. The molecule has 0 radical (unpaired) electrons. The third kappa shape index (κ3) is 7.40. The Morgan fingerprint density at radius 2 is 1.79 bits per heavy atom. The molecular formula is C20H24ClFN2O4S. The summed E-state index contributed by atoms with van der Waals surface area (Å²) >= 11 is 5.85. The van der Waals surface area contributed by atoms with E-state index in [1.807, 2.05) is 12.1 Å². The van der Waals surface area contributed by atoms with Crippen LogP contribution in [0.2, 0.25) is 5.02 Å². The number of halogens is 2. The average Bonchev–Trinajstić information content (AvgIpc) is 2.69. The van der Waals surface area contributed by atoms with Gasteiger partial charge in [-0.25, -0.2) is 12.8 Å². The molecule has 6 nitrogen and oxygen atoms in total. The Labute approximate surface area is 175 Å². The first-order chi connectivity index (χ1) is 13.8. The van der Waals surface area contributed by atoms with Crippen LogP contribution in [0.3, 0.4) is 0 Å². The normalized spacial score (nSPS) is 11.6. The minimum Gasteiger partial charge on any atom is -0.385 e. The van der Waals surface area contributed by atoms with Gasteiger partial charge in [-0.3, -0.25) is 4.79 Å². The predicted molar refractivity (Wildman–Crippen MR) is 110 cm³/mol. The number of nitrogens with zero attached hydrogens (tertiary/aromatic N) is 1. The second-order valence-corrected chi connectivity index (χ2v) is 8.74. The molecule has 0 heterocycles. The highest BCUT2D eigenvalue weighted by molar-refractivity contribution is 7.89. The van der Waals surface area contributed by atoms with Crippen molar-refractivity contribution in [2.75, 3.05) is 33.4 Å². The van der Waals surface area contributed by atoms with Gasteiger partial charge in [-0.2, -0.15) is 4.31 Å². The Kier molecular flexibility index (Phi) is 9.03. The van der Waals surface area contributed by atoms with Gasteiger partial charge in [-0.1, -0.05) is 23.7 Å². The van der Waals surface area contributed by atoms with Crippen LogP contribution in [-0.2, 0) is 26.0 Å². The molecule has 0 aromatic heterocycles. The van der Waals surface area contributed by atoms with E-state index >= 15 is 0 Å². The molecule has 0 unspecified atom stereocenters. The van der Waals surface area contributed by atoms with Crippen LogP contribution in [0.15, 0.2) is 53.4 Å². The summed E-state index contributed by atoms with van der Waals surface area (Å²) in [6.07, 6.45) is 1.02. The molecule has 0 aliphatic heterocycles. The lowest BCUT2D eigenvalue weighted by Crippen LogP contribution is -2.42. The lowest BCUT2D eigenvalue weighted by molar-refractivity contribution is -0.121. The molecule has 0 atom stereocenters. The zero-order valence-electron chi connectivity index (χ0n) is 16.1.